The fourth-order valence-electron chi connectivity index (χ4n) is 0. The normalized spacial score (nSPS) is 2.67. The van der Waals surface area contributed by atoms with Crippen molar-refractivity contribution >= 4 is 119 Å². The van der Waals surface area contributed by atoms with E-state index in [9.17, 15) is 0 Å². The van der Waals surface area contributed by atoms with Crippen molar-refractivity contribution in [3.63, 3.8) is 0 Å². The van der Waals surface area contributed by atoms with Crippen molar-refractivity contribution in [3.05, 3.63) is 0 Å². The van der Waals surface area contributed by atoms with Gasteiger partial charge >= 0.3 is 119 Å². The third kappa shape index (κ3) is 73.8. The second kappa shape index (κ2) is 29.6. The average Bonchev–Trinajstić information content (AvgIpc) is 0.811. The van der Waals surface area contributed by atoms with Crippen LogP contribution in [-0.2, 0) is 32.7 Å². The monoisotopic (exact) mass is 325 g/mol. The SMILES string of the molecule is O.O=C(O)O.[CaH2].[NaH].[SrH2].[Y]. The molecule has 0 aromatic rings. The number of carbonyl (C=O) groups is 1. The van der Waals surface area contributed by atoms with Crippen molar-refractivity contribution < 1.29 is 53.2 Å². The first-order chi connectivity index (χ1) is 1.73. The van der Waals surface area contributed by atoms with Crippen LogP contribution in [-0.4, -0.2) is 135 Å². The van der Waals surface area contributed by atoms with Gasteiger partial charge < -0.3 is 15.7 Å². The van der Waals surface area contributed by atoms with Crippen LogP contribution in [0, 0.1) is 0 Å². The summed E-state index contributed by atoms with van der Waals surface area (Å²) in [6.07, 6.45) is -1.83. The van der Waals surface area contributed by atoms with Gasteiger partial charge in [0.05, 0.1) is 0 Å². The Bertz CT molecular complexity index is 43.5. The maximum absolute atomic E-state index is 8.56. The number of hydrogen-bond donors (Lipinski definition) is 2. The van der Waals surface area contributed by atoms with Crippen LogP contribution in [0.25, 0.3) is 0 Å². The minimum absolute atomic E-state index is 0. The van der Waals surface area contributed by atoms with Crippen LogP contribution in [0.4, 0.5) is 4.79 Å². The van der Waals surface area contributed by atoms with Crippen LogP contribution in [0.5, 0.6) is 0 Å². The molecule has 0 spiro atoms. The van der Waals surface area contributed by atoms with E-state index in [1.807, 2.05) is 0 Å². The van der Waals surface area contributed by atoms with E-state index in [0.717, 1.165) is 0 Å². The van der Waals surface area contributed by atoms with Crippen molar-refractivity contribution in [1.29, 1.82) is 0 Å². The average molecular weight is 325 g/mol. The summed E-state index contributed by atoms with van der Waals surface area (Å²) in [5.41, 5.74) is 0. The molecular formula is CH9CaNaO4SrY. The van der Waals surface area contributed by atoms with Gasteiger partial charge in [0.25, 0.3) is 0 Å². The van der Waals surface area contributed by atoms with E-state index in [-0.39, 0.29) is 151 Å². The molecule has 0 unspecified atom stereocenters. The molecule has 1 radical (unpaired) electrons. The van der Waals surface area contributed by atoms with E-state index in [0.29, 0.717) is 0 Å². The molecule has 0 saturated carbocycles. The summed E-state index contributed by atoms with van der Waals surface area (Å²) in [5.74, 6) is 0. The van der Waals surface area contributed by atoms with Gasteiger partial charge in [0.15, 0.2) is 0 Å². The predicted octanol–water partition coefficient (Wildman–Crippen LogP) is -3.09. The van der Waals surface area contributed by atoms with Gasteiger partial charge in [-0.3, -0.25) is 0 Å². The summed E-state index contributed by atoms with van der Waals surface area (Å²) in [7, 11) is 0. The van der Waals surface area contributed by atoms with Crippen molar-refractivity contribution in [2.24, 2.45) is 0 Å². The van der Waals surface area contributed by atoms with Gasteiger partial charge in [0.2, 0.25) is 0 Å². The fraction of sp³-hybridized carbons (Fsp3) is 0. The molecule has 0 bridgehead atoms. The van der Waals surface area contributed by atoms with Gasteiger partial charge in [-0.05, 0) is 0 Å². The van der Waals surface area contributed by atoms with Gasteiger partial charge in [0, 0.05) is 32.7 Å². The molecule has 0 aliphatic carbocycles. The van der Waals surface area contributed by atoms with Crippen LogP contribution < -0.4 is 0 Å². The van der Waals surface area contributed by atoms with E-state index in [1.165, 1.54) is 0 Å². The number of carboxylic acid groups (broad SMARTS) is 2. The first kappa shape index (κ1) is 38.1. The standard InChI is InChI=1S/CH2O3.Ca.Na.H2O.Sr.Y.5H/c2-1(3)4;;;;;;;;;;/h(H2,2,3,4);;;1H2;;;;;;;. The second-order valence-electron chi connectivity index (χ2n) is 0.283. The molecule has 4 nitrogen and oxygen atoms in total. The van der Waals surface area contributed by atoms with Gasteiger partial charge in [0.1, 0.15) is 0 Å². The third-order valence-corrected chi connectivity index (χ3v) is 0. The third-order valence-electron chi connectivity index (χ3n) is 0. The Morgan fingerprint density at radius 2 is 1.22 bits per heavy atom. The number of hydrogen-bond acceptors (Lipinski definition) is 1. The molecule has 9 heavy (non-hydrogen) atoms. The Balaban J connectivity index is -0.00000000450. The van der Waals surface area contributed by atoms with Crippen molar-refractivity contribution in [1.82, 2.24) is 0 Å². The largest absolute Gasteiger partial charge is 0 e. The molecule has 0 aromatic carbocycles. The van der Waals surface area contributed by atoms with Crippen LogP contribution in [0.1, 0.15) is 0 Å². The molecule has 45 valence electrons. The molecule has 0 aromatic heterocycles. The molecule has 0 atom stereocenters. The van der Waals surface area contributed by atoms with Crippen molar-refractivity contribution in [2.75, 3.05) is 0 Å². The summed E-state index contributed by atoms with van der Waals surface area (Å²) in [6, 6.07) is 0. The predicted molar refractivity (Wildman–Crippen MR) is 38.5 cm³/mol. The maximum atomic E-state index is 8.56. The maximum Gasteiger partial charge on any atom is 0 e. The van der Waals surface area contributed by atoms with Crippen LogP contribution in [0.2, 0.25) is 0 Å². The smallest absolute Gasteiger partial charge is 0 e. The van der Waals surface area contributed by atoms with E-state index in [1.54, 1.807) is 0 Å². The minimum Gasteiger partial charge on any atom is 0 e. The molecule has 8 heteroatoms. The first-order valence-electron chi connectivity index (χ1n) is 0.651. The summed E-state index contributed by atoms with van der Waals surface area (Å²) < 4.78 is 0. The zero-order valence-corrected chi connectivity index (χ0v) is 5.72. The van der Waals surface area contributed by atoms with Gasteiger partial charge in [-0.15, -0.1) is 0 Å². The Morgan fingerprint density at radius 3 is 1.22 bits per heavy atom. The van der Waals surface area contributed by atoms with Crippen molar-refractivity contribution in [2.45, 2.75) is 0 Å². The molecule has 0 fully saturated rings. The molecule has 0 heterocycles. The minimum atomic E-state index is -1.83. The Labute approximate surface area is 167 Å². The molecular weight excluding hydrogens is 316 g/mol. The van der Waals surface area contributed by atoms with E-state index in [2.05, 4.69) is 0 Å². The number of rotatable bonds is 0. The fourth-order valence-corrected chi connectivity index (χ4v) is 0. The van der Waals surface area contributed by atoms with E-state index >= 15 is 0 Å². The molecule has 0 saturated heterocycles. The van der Waals surface area contributed by atoms with Gasteiger partial charge in [-0.2, -0.15) is 0 Å². The quantitative estimate of drug-likeness (QED) is 0.463. The molecule has 0 amide bonds. The van der Waals surface area contributed by atoms with Gasteiger partial charge in [-0.1, -0.05) is 0 Å². The van der Waals surface area contributed by atoms with Crippen molar-refractivity contribution in [3.8, 4) is 0 Å². The van der Waals surface area contributed by atoms with Crippen LogP contribution in [0.3, 0.4) is 0 Å². The molecule has 0 aliphatic rings. The topological polar surface area (TPSA) is 89.0 Å². The van der Waals surface area contributed by atoms with Crippen LogP contribution in [0.15, 0.2) is 0 Å². The van der Waals surface area contributed by atoms with E-state index in [4.69, 9.17) is 15.0 Å². The van der Waals surface area contributed by atoms with Gasteiger partial charge in [-0.25, -0.2) is 4.79 Å². The summed E-state index contributed by atoms with van der Waals surface area (Å²) >= 11 is 0. The molecule has 0 rings (SSSR count). The zero-order valence-electron chi connectivity index (χ0n) is 2.88. The van der Waals surface area contributed by atoms with E-state index < -0.39 is 6.16 Å². The zero-order chi connectivity index (χ0) is 3.58. The second-order valence-corrected chi connectivity index (χ2v) is 0.283. The van der Waals surface area contributed by atoms with Crippen LogP contribution >= 0.6 is 0 Å². The summed E-state index contributed by atoms with van der Waals surface area (Å²) in [6.45, 7) is 0. The summed E-state index contributed by atoms with van der Waals surface area (Å²) in [4.78, 5) is 8.56. The Morgan fingerprint density at radius 1 is 1.22 bits per heavy atom. The Kier molecular flexibility index (Phi) is 125. The molecule has 0 aliphatic heterocycles. The summed E-state index contributed by atoms with van der Waals surface area (Å²) in [5, 5.41) is 13.9. The molecule has 4 N–H and O–H groups in total. The first-order valence-corrected chi connectivity index (χ1v) is 0.651. The Hall–Kier alpha value is 4.07.